The maximum Gasteiger partial charge on any atom is 0.264 e. The Hall–Kier alpha value is -3.75. The highest BCUT2D eigenvalue weighted by Crippen LogP contribution is 2.34. The number of benzene rings is 3. The van der Waals surface area contributed by atoms with E-state index in [-0.39, 0.29) is 10.8 Å². The summed E-state index contributed by atoms with van der Waals surface area (Å²) in [6.45, 7) is 6.22. The summed E-state index contributed by atoms with van der Waals surface area (Å²) in [7, 11) is -3.85. The summed E-state index contributed by atoms with van der Waals surface area (Å²) in [6, 6.07) is 24.5. The molecule has 2 heterocycles. The summed E-state index contributed by atoms with van der Waals surface area (Å²) in [5.41, 5.74) is 4.12. The second-order valence-corrected chi connectivity index (χ2v) is 13.8. The lowest BCUT2D eigenvalue weighted by molar-refractivity contribution is 0.0628. The van der Waals surface area contributed by atoms with E-state index in [1.165, 1.54) is 43.2 Å². The van der Waals surface area contributed by atoms with E-state index in [4.69, 9.17) is 0 Å². The Labute approximate surface area is 255 Å². The first-order valence-corrected chi connectivity index (χ1v) is 16.9. The molecule has 1 unspecified atom stereocenters. The Kier molecular flexibility index (Phi) is 8.77. The van der Waals surface area contributed by atoms with Gasteiger partial charge in [0.1, 0.15) is 4.90 Å². The van der Waals surface area contributed by atoms with Crippen molar-refractivity contribution in [1.29, 1.82) is 0 Å². The fourth-order valence-corrected chi connectivity index (χ4v) is 7.81. The minimum Gasteiger partial charge on any atom is -0.336 e. The Morgan fingerprint density at radius 3 is 2.33 bits per heavy atom. The Balaban J connectivity index is 1.00. The molecule has 2 fully saturated rings. The molecule has 3 aromatic carbocycles. The number of amides is 1. The fourth-order valence-electron chi connectivity index (χ4n) is 6.57. The van der Waals surface area contributed by atoms with Crippen LogP contribution < -0.4 is 4.72 Å². The Morgan fingerprint density at radius 2 is 1.60 bits per heavy atom. The molecule has 1 saturated carbocycles. The summed E-state index contributed by atoms with van der Waals surface area (Å²) >= 11 is 0. The molecule has 4 aromatic rings. The molecule has 1 saturated heterocycles. The molecule has 7 nitrogen and oxygen atoms in total. The molecule has 1 amide bonds. The van der Waals surface area contributed by atoms with E-state index in [9.17, 15) is 13.2 Å². The van der Waals surface area contributed by atoms with Crippen molar-refractivity contribution in [3.8, 4) is 0 Å². The molecule has 1 aliphatic carbocycles. The SMILES string of the molecule is CC(CC1CCCC1)c1ccc(CN2CCN(C(=O)c3ccc(NS(=O)(=O)c4cccc5cccnc45)cc3)CC2)cc1. The molecule has 1 N–H and O–H groups in total. The molecule has 1 atom stereocenters. The Bertz CT molecular complexity index is 1650. The van der Waals surface area contributed by atoms with Gasteiger partial charge in [-0.25, -0.2) is 8.42 Å². The quantitative estimate of drug-likeness (QED) is 0.233. The van der Waals surface area contributed by atoms with Crippen LogP contribution in [0.2, 0.25) is 0 Å². The van der Waals surface area contributed by atoms with Gasteiger partial charge in [0.15, 0.2) is 0 Å². The van der Waals surface area contributed by atoms with E-state index >= 15 is 0 Å². The minimum atomic E-state index is -3.85. The Morgan fingerprint density at radius 1 is 0.907 bits per heavy atom. The van der Waals surface area contributed by atoms with E-state index in [2.05, 4.69) is 45.8 Å². The second kappa shape index (κ2) is 12.9. The zero-order valence-corrected chi connectivity index (χ0v) is 25.6. The van der Waals surface area contributed by atoms with Gasteiger partial charge in [0.05, 0.1) is 5.52 Å². The van der Waals surface area contributed by atoms with Crippen LogP contribution in [0.25, 0.3) is 10.9 Å². The van der Waals surface area contributed by atoms with Crippen LogP contribution in [0.15, 0.2) is 90.0 Å². The number of carbonyl (C=O) groups excluding carboxylic acids is 1. The van der Waals surface area contributed by atoms with Gasteiger partial charge in [-0.2, -0.15) is 0 Å². The van der Waals surface area contributed by atoms with Crippen molar-refractivity contribution >= 4 is 32.5 Å². The number of nitrogens with zero attached hydrogens (tertiary/aromatic N) is 3. The summed E-state index contributed by atoms with van der Waals surface area (Å²) in [6.07, 6.45) is 8.48. The smallest absolute Gasteiger partial charge is 0.264 e. The van der Waals surface area contributed by atoms with E-state index in [1.807, 2.05) is 17.0 Å². The number of anilines is 1. The molecule has 0 spiro atoms. The third-order valence-corrected chi connectivity index (χ3v) is 10.5. The normalized spacial score (nSPS) is 17.3. The van der Waals surface area contributed by atoms with E-state index in [0.29, 0.717) is 35.8 Å². The van der Waals surface area contributed by atoms with Gasteiger partial charge in [-0.3, -0.25) is 19.4 Å². The van der Waals surface area contributed by atoms with E-state index in [0.717, 1.165) is 30.9 Å². The van der Waals surface area contributed by atoms with Crippen LogP contribution in [0.1, 0.15) is 66.4 Å². The topological polar surface area (TPSA) is 82.6 Å². The molecule has 43 heavy (non-hydrogen) atoms. The highest BCUT2D eigenvalue weighted by Gasteiger charge is 2.24. The van der Waals surface area contributed by atoms with Gasteiger partial charge >= 0.3 is 0 Å². The van der Waals surface area contributed by atoms with Crippen LogP contribution in [-0.2, 0) is 16.6 Å². The number of fused-ring (bicyclic) bond motifs is 1. The third-order valence-electron chi connectivity index (χ3n) is 9.05. The molecular formula is C35H40N4O3S. The molecule has 0 bridgehead atoms. The molecule has 1 aromatic heterocycles. The number of nitrogens with one attached hydrogen (secondary N) is 1. The van der Waals surface area contributed by atoms with Gasteiger partial charge in [0.2, 0.25) is 0 Å². The van der Waals surface area contributed by atoms with Crippen molar-refractivity contribution in [2.45, 2.75) is 56.4 Å². The van der Waals surface area contributed by atoms with Crippen molar-refractivity contribution in [2.75, 3.05) is 30.9 Å². The monoisotopic (exact) mass is 596 g/mol. The minimum absolute atomic E-state index is 0.0343. The van der Waals surface area contributed by atoms with Crippen LogP contribution in [0, 0.1) is 5.92 Å². The summed E-state index contributed by atoms with van der Waals surface area (Å²) in [5, 5.41) is 0.753. The van der Waals surface area contributed by atoms with Crippen LogP contribution in [0.5, 0.6) is 0 Å². The molecule has 0 radical (unpaired) electrons. The first-order chi connectivity index (χ1) is 20.9. The standard InChI is InChI=1S/C35H40N4O3S/c1-26(24-27-6-2-3-7-27)29-13-11-28(12-14-29)25-38-20-22-39(23-21-38)35(40)31-15-17-32(18-16-31)37-43(41,42)33-10-4-8-30-9-5-19-36-34(30)33/h4-5,8-19,26-27,37H,2-3,6-7,20-25H2,1H3. The summed E-state index contributed by atoms with van der Waals surface area (Å²) < 4.78 is 28.9. The van der Waals surface area contributed by atoms with Gasteiger partial charge < -0.3 is 4.90 Å². The summed E-state index contributed by atoms with van der Waals surface area (Å²) in [4.78, 5) is 21.9. The van der Waals surface area contributed by atoms with E-state index in [1.54, 1.807) is 48.7 Å². The molecular weight excluding hydrogens is 556 g/mol. The average Bonchev–Trinajstić information content (AvgIpc) is 3.54. The average molecular weight is 597 g/mol. The van der Waals surface area contributed by atoms with Gasteiger partial charge in [0.25, 0.3) is 15.9 Å². The highest BCUT2D eigenvalue weighted by atomic mass is 32.2. The van der Waals surface area contributed by atoms with Crippen LogP contribution in [0.3, 0.4) is 0 Å². The number of para-hydroxylation sites is 1. The zero-order chi connectivity index (χ0) is 29.8. The third kappa shape index (κ3) is 6.92. The zero-order valence-electron chi connectivity index (χ0n) is 24.8. The van der Waals surface area contributed by atoms with Crippen molar-refractivity contribution in [2.24, 2.45) is 5.92 Å². The van der Waals surface area contributed by atoms with Crippen molar-refractivity contribution in [3.05, 3.63) is 102 Å². The van der Waals surface area contributed by atoms with Crippen molar-refractivity contribution in [3.63, 3.8) is 0 Å². The molecule has 224 valence electrons. The highest BCUT2D eigenvalue weighted by molar-refractivity contribution is 7.93. The first kappa shape index (κ1) is 29.3. The van der Waals surface area contributed by atoms with Gasteiger partial charge in [0, 0.05) is 55.6 Å². The largest absolute Gasteiger partial charge is 0.336 e. The lowest BCUT2D eigenvalue weighted by Gasteiger charge is -2.35. The number of hydrogen-bond donors (Lipinski definition) is 1. The van der Waals surface area contributed by atoms with Gasteiger partial charge in [-0.05, 0) is 65.8 Å². The first-order valence-electron chi connectivity index (χ1n) is 15.4. The number of sulfonamides is 1. The van der Waals surface area contributed by atoms with E-state index < -0.39 is 10.0 Å². The van der Waals surface area contributed by atoms with Crippen LogP contribution in [-0.4, -0.2) is 55.3 Å². The number of pyridine rings is 1. The maximum atomic E-state index is 13.2. The fraction of sp³-hybridized carbons (Fsp3) is 0.371. The van der Waals surface area contributed by atoms with Gasteiger partial charge in [-0.15, -0.1) is 0 Å². The van der Waals surface area contributed by atoms with Gasteiger partial charge in [-0.1, -0.05) is 75.1 Å². The second-order valence-electron chi connectivity index (χ2n) is 12.1. The predicted molar refractivity (Wildman–Crippen MR) is 172 cm³/mol. The number of rotatable bonds is 9. The lowest BCUT2D eigenvalue weighted by Crippen LogP contribution is -2.48. The summed E-state index contributed by atoms with van der Waals surface area (Å²) in [5.74, 6) is 1.48. The van der Waals surface area contributed by atoms with Crippen molar-refractivity contribution < 1.29 is 13.2 Å². The number of piperazine rings is 1. The molecule has 6 rings (SSSR count). The van der Waals surface area contributed by atoms with Crippen molar-refractivity contribution in [1.82, 2.24) is 14.8 Å². The number of hydrogen-bond acceptors (Lipinski definition) is 5. The predicted octanol–water partition coefficient (Wildman–Crippen LogP) is 6.68. The van der Waals surface area contributed by atoms with Crippen LogP contribution in [0.4, 0.5) is 5.69 Å². The molecule has 1 aliphatic heterocycles. The maximum absolute atomic E-state index is 13.2. The molecule has 2 aliphatic rings. The number of carbonyl (C=O) groups is 1. The van der Waals surface area contributed by atoms with Crippen LogP contribution >= 0.6 is 0 Å². The molecule has 8 heteroatoms. The lowest BCUT2D eigenvalue weighted by atomic mass is 9.89. The number of aromatic nitrogens is 1.